The molecule has 96 valence electrons. The van der Waals surface area contributed by atoms with E-state index in [4.69, 9.17) is 10.8 Å². The molecule has 0 aromatic heterocycles. The molecule has 0 aliphatic carbocycles. The molecule has 0 saturated heterocycles. The van der Waals surface area contributed by atoms with Gasteiger partial charge in [-0.3, -0.25) is 9.69 Å². The van der Waals surface area contributed by atoms with Crippen molar-refractivity contribution in [1.82, 2.24) is 4.90 Å². The third-order valence-corrected chi connectivity index (χ3v) is 3.36. The third kappa shape index (κ3) is 2.22. The minimum Gasteiger partial charge on any atom is -0.478 e. The summed E-state index contributed by atoms with van der Waals surface area (Å²) in [5, 5.41) is 8.94. The minimum atomic E-state index is -0.932. The first-order valence-corrected chi connectivity index (χ1v) is 5.91. The lowest BCUT2D eigenvalue weighted by Crippen LogP contribution is -2.41. The molecule has 0 radical (unpaired) electrons. The van der Waals surface area contributed by atoms with Gasteiger partial charge in [0.15, 0.2) is 0 Å². The van der Waals surface area contributed by atoms with Crippen molar-refractivity contribution in [3.05, 3.63) is 34.9 Å². The first-order valence-electron chi connectivity index (χ1n) is 5.91. The summed E-state index contributed by atoms with van der Waals surface area (Å²) in [6.45, 7) is 3.15. The molecule has 1 aliphatic heterocycles. The molecule has 1 aromatic rings. The van der Waals surface area contributed by atoms with Gasteiger partial charge in [0.2, 0.25) is 5.91 Å². The van der Waals surface area contributed by atoms with E-state index in [0.29, 0.717) is 19.5 Å². The molecular weight excluding hydrogens is 232 g/mol. The molecule has 18 heavy (non-hydrogen) atoms. The number of aromatic carboxylic acids is 1. The zero-order valence-electron chi connectivity index (χ0n) is 10.2. The number of rotatable bonds is 4. The van der Waals surface area contributed by atoms with Gasteiger partial charge in [-0.1, -0.05) is 13.0 Å². The zero-order chi connectivity index (χ0) is 13.3. The number of fused-ring (bicyclic) bond motifs is 1. The predicted octanol–water partition coefficient (Wildman–Crippen LogP) is 0.964. The van der Waals surface area contributed by atoms with Crippen LogP contribution in [-0.4, -0.2) is 27.9 Å². The second-order valence-electron chi connectivity index (χ2n) is 4.52. The first-order chi connectivity index (χ1) is 8.52. The number of primary amides is 1. The van der Waals surface area contributed by atoms with Gasteiger partial charge in [0.25, 0.3) is 0 Å². The molecule has 1 amide bonds. The van der Waals surface area contributed by atoms with E-state index in [1.54, 1.807) is 12.1 Å². The number of hydrogen-bond acceptors (Lipinski definition) is 3. The molecule has 1 unspecified atom stereocenters. The molecule has 3 N–H and O–H groups in total. The molecule has 1 heterocycles. The topological polar surface area (TPSA) is 83.6 Å². The summed E-state index contributed by atoms with van der Waals surface area (Å²) in [7, 11) is 0. The quantitative estimate of drug-likeness (QED) is 0.831. The molecule has 5 heteroatoms. The lowest BCUT2D eigenvalue weighted by molar-refractivity contribution is -0.123. The van der Waals surface area contributed by atoms with Crippen molar-refractivity contribution in [3.63, 3.8) is 0 Å². The monoisotopic (exact) mass is 248 g/mol. The molecule has 0 bridgehead atoms. The summed E-state index contributed by atoms with van der Waals surface area (Å²) >= 11 is 0. The summed E-state index contributed by atoms with van der Waals surface area (Å²) in [4.78, 5) is 24.2. The predicted molar refractivity (Wildman–Crippen MR) is 65.9 cm³/mol. The summed E-state index contributed by atoms with van der Waals surface area (Å²) < 4.78 is 0. The van der Waals surface area contributed by atoms with E-state index in [9.17, 15) is 9.59 Å². The Hall–Kier alpha value is -1.88. The van der Waals surface area contributed by atoms with Crippen molar-refractivity contribution in [2.24, 2.45) is 5.73 Å². The Morgan fingerprint density at radius 2 is 2.06 bits per heavy atom. The van der Waals surface area contributed by atoms with Crippen LogP contribution in [0.5, 0.6) is 0 Å². The Morgan fingerprint density at radius 1 is 1.39 bits per heavy atom. The number of carboxylic acid groups (broad SMARTS) is 1. The van der Waals surface area contributed by atoms with E-state index in [1.165, 1.54) is 0 Å². The Kier molecular flexibility index (Phi) is 3.34. The lowest BCUT2D eigenvalue weighted by Gasteiger charge is -2.23. The number of carbonyl (C=O) groups is 2. The van der Waals surface area contributed by atoms with E-state index in [0.717, 1.165) is 11.1 Å². The molecule has 2 rings (SSSR count). The molecular formula is C13H16N2O3. The van der Waals surface area contributed by atoms with Crippen LogP contribution in [0.2, 0.25) is 0 Å². The number of benzene rings is 1. The fourth-order valence-electron chi connectivity index (χ4n) is 2.41. The summed E-state index contributed by atoms with van der Waals surface area (Å²) in [6, 6.07) is 4.79. The van der Waals surface area contributed by atoms with Crippen molar-refractivity contribution in [2.45, 2.75) is 32.5 Å². The third-order valence-electron chi connectivity index (χ3n) is 3.36. The molecule has 0 saturated carbocycles. The number of carbonyl (C=O) groups excluding carboxylic acids is 1. The van der Waals surface area contributed by atoms with Gasteiger partial charge in [0, 0.05) is 13.1 Å². The molecule has 0 spiro atoms. The summed E-state index contributed by atoms with van der Waals surface area (Å²) in [6.07, 6.45) is 0.662. The molecule has 1 aliphatic rings. The van der Waals surface area contributed by atoms with Gasteiger partial charge in [-0.25, -0.2) is 4.79 Å². The number of nitrogens with zero attached hydrogens (tertiary/aromatic N) is 1. The van der Waals surface area contributed by atoms with Crippen molar-refractivity contribution >= 4 is 11.9 Å². The fraction of sp³-hybridized carbons (Fsp3) is 0.385. The van der Waals surface area contributed by atoms with Gasteiger partial charge in [-0.15, -0.1) is 0 Å². The van der Waals surface area contributed by atoms with Gasteiger partial charge < -0.3 is 10.8 Å². The fourth-order valence-corrected chi connectivity index (χ4v) is 2.41. The molecule has 5 nitrogen and oxygen atoms in total. The molecule has 0 fully saturated rings. The standard InChI is InChI=1S/C13H16N2O3/c1-2-11(12(14)16)15-6-9-4-3-8(13(17)18)5-10(9)7-15/h3-5,11H,2,6-7H2,1H3,(H2,14,16)(H,17,18). The molecule has 1 aromatic carbocycles. The van der Waals surface area contributed by atoms with Gasteiger partial charge in [0.1, 0.15) is 0 Å². The van der Waals surface area contributed by atoms with Gasteiger partial charge in [-0.2, -0.15) is 0 Å². The maximum atomic E-state index is 11.3. The van der Waals surface area contributed by atoms with Crippen LogP contribution in [0.25, 0.3) is 0 Å². The first kappa shape index (κ1) is 12.6. The van der Waals surface area contributed by atoms with Crippen molar-refractivity contribution in [1.29, 1.82) is 0 Å². The highest BCUT2D eigenvalue weighted by atomic mass is 16.4. The number of amides is 1. The second kappa shape index (κ2) is 4.78. The summed E-state index contributed by atoms with van der Waals surface area (Å²) in [5.41, 5.74) is 7.68. The van der Waals surface area contributed by atoms with Crippen LogP contribution in [0.1, 0.15) is 34.8 Å². The average molecular weight is 248 g/mol. The van der Waals surface area contributed by atoms with Crippen molar-refractivity contribution in [2.75, 3.05) is 0 Å². The number of carboxylic acids is 1. The van der Waals surface area contributed by atoms with E-state index in [1.807, 2.05) is 17.9 Å². The molecule has 1 atom stereocenters. The zero-order valence-corrected chi connectivity index (χ0v) is 10.2. The van der Waals surface area contributed by atoms with Crippen LogP contribution in [0, 0.1) is 0 Å². The van der Waals surface area contributed by atoms with Crippen LogP contribution >= 0.6 is 0 Å². The van der Waals surface area contributed by atoms with Crippen LogP contribution in [0.4, 0.5) is 0 Å². The van der Waals surface area contributed by atoms with Crippen LogP contribution in [0.15, 0.2) is 18.2 Å². The average Bonchev–Trinajstić information content (AvgIpc) is 2.71. The minimum absolute atomic E-state index is 0.280. The Morgan fingerprint density at radius 3 is 2.61 bits per heavy atom. The van der Waals surface area contributed by atoms with E-state index < -0.39 is 5.97 Å². The summed E-state index contributed by atoms with van der Waals surface area (Å²) in [5.74, 6) is -1.26. The Labute approximate surface area is 105 Å². The van der Waals surface area contributed by atoms with Gasteiger partial charge in [0.05, 0.1) is 11.6 Å². The van der Waals surface area contributed by atoms with Crippen LogP contribution < -0.4 is 5.73 Å². The van der Waals surface area contributed by atoms with E-state index in [-0.39, 0.29) is 17.5 Å². The van der Waals surface area contributed by atoms with Crippen LogP contribution in [0.3, 0.4) is 0 Å². The highest BCUT2D eigenvalue weighted by Gasteiger charge is 2.28. The van der Waals surface area contributed by atoms with E-state index in [2.05, 4.69) is 0 Å². The van der Waals surface area contributed by atoms with Crippen molar-refractivity contribution < 1.29 is 14.7 Å². The number of hydrogen-bond donors (Lipinski definition) is 2. The lowest BCUT2D eigenvalue weighted by atomic mass is 10.1. The largest absolute Gasteiger partial charge is 0.478 e. The Bertz CT molecular complexity index is 499. The SMILES string of the molecule is CCC(C(N)=O)N1Cc2ccc(C(=O)O)cc2C1. The van der Waals surface area contributed by atoms with Crippen molar-refractivity contribution in [3.8, 4) is 0 Å². The normalized spacial score (nSPS) is 16.3. The maximum Gasteiger partial charge on any atom is 0.335 e. The van der Waals surface area contributed by atoms with E-state index >= 15 is 0 Å². The van der Waals surface area contributed by atoms with Gasteiger partial charge in [-0.05, 0) is 29.7 Å². The Balaban J connectivity index is 2.22. The second-order valence-corrected chi connectivity index (χ2v) is 4.52. The highest BCUT2D eigenvalue weighted by molar-refractivity contribution is 5.88. The highest BCUT2D eigenvalue weighted by Crippen LogP contribution is 2.26. The smallest absolute Gasteiger partial charge is 0.335 e. The number of nitrogens with two attached hydrogens (primary N) is 1. The van der Waals surface area contributed by atoms with Crippen LogP contribution in [-0.2, 0) is 17.9 Å². The maximum absolute atomic E-state index is 11.3. The van der Waals surface area contributed by atoms with Gasteiger partial charge >= 0.3 is 5.97 Å².